The minimum Gasteiger partial charge on any atom is -0.484 e. The second kappa shape index (κ2) is 5.85. The van der Waals surface area contributed by atoms with Crippen LogP contribution < -0.4 is 4.74 Å². The van der Waals surface area contributed by atoms with Gasteiger partial charge in [-0.15, -0.1) is 10.2 Å². The Bertz CT molecular complexity index is 716. The Morgan fingerprint density at radius 3 is 2.82 bits per heavy atom. The van der Waals surface area contributed by atoms with E-state index in [0.717, 1.165) is 5.56 Å². The van der Waals surface area contributed by atoms with Gasteiger partial charge >= 0.3 is 0 Å². The molecular formula is C14H14Cl2N4O2. The second-order valence-electron chi connectivity index (χ2n) is 5.57. The molecule has 2 aromatic rings. The molecule has 1 heterocycles. The van der Waals surface area contributed by atoms with E-state index in [1.807, 2.05) is 13.8 Å². The molecule has 1 aliphatic rings. The van der Waals surface area contributed by atoms with Crippen LogP contribution in [-0.2, 0) is 13.0 Å². The molecule has 1 aromatic heterocycles. The summed E-state index contributed by atoms with van der Waals surface area (Å²) in [6.45, 7) is 4.17. The first-order valence-corrected chi connectivity index (χ1v) is 7.64. The Kier molecular flexibility index (Phi) is 4.06. The van der Waals surface area contributed by atoms with Crippen molar-refractivity contribution >= 4 is 29.0 Å². The molecule has 0 radical (unpaired) electrons. The maximum Gasteiger partial charge on any atom is 0.211 e. The Morgan fingerprint density at radius 1 is 1.41 bits per heavy atom. The van der Waals surface area contributed by atoms with Crippen molar-refractivity contribution < 1.29 is 9.53 Å². The zero-order chi connectivity index (χ0) is 15.9. The molecule has 0 saturated heterocycles. The van der Waals surface area contributed by atoms with Crippen molar-refractivity contribution in [3.05, 3.63) is 33.1 Å². The molecule has 1 N–H and O–H groups in total. The molecule has 0 bridgehead atoms. The van der Waals surface area contributed by atoms with Crippen LogP contribution in [0, 0.1) is 11.8 Å². The van der Waals surface area contributed by atoms with Gasteiger partial charge in [0.2, 0.25) is 5.82 Å². The van der Waals surface area contributed by atoms with Crippen molar-refractivity contribution in [2.75, 3.05) is 0 Å². The van der Waals surface area contributed by atoms with Crippen LogP contribution in [0.15, 0.2) is 6.07 Å². The summed E-state index contributed by atoms with van der Waals surface area (Å²) in [5.41, 5.74) is 1.40. The number of ketones is 1. The zero-order valence-electron chi connectivity index (χ0n) is 12.1. The fraction of sp³-hybridized carbons (Fsp3) is 0.429. The Balaban J connectivity index is 1.91. The van der Waals surface area contributed by atoms with Gasteiger partial charge in [0, 0.05) is 11.5 Å². The quantitative estimate of drug-likeness (QED) is 0.924. The first-order chi connectivity index (χ1) is 10.5. The van der Waals surface area contributed by atoms with Gasteiger partial charge in [0.1, 0.15) is 10.8 Å². The number of H-pyrrole nitrogens is 1. The summed E-state index contributed by atoms with van der Waals surface area (Å²) in [7, 11) is 0. The van der Waals surface area contributed by atoms with Crippen LogP contribution in [0.2, 0.25) is 10.0 Å². The summed E-state index contributed by atoms with van der Waals surface area (Å²) in [6.07, 6.45) is 0.654. The molecule has 0 saturated carbocycles. The number of carbonyl (C=O) groups is 1. The number of fused-ring (bicyclic) bond motifs is 1. The minimum atomic E-state index is -0.0592. The average molecular weight is 341 g/mol. The third kappa shape index (κ3) is 2.57. The smallest absolute Gasteiger partial charge is 0.211 e. The number of Topliss-reactive ketones (excluding diaryl/α,β-unsaturated/α-hetero) is 1. The molecule has 0 spiro atoms. The van der Waals surface area contributed by atoms with Crippen LogP contribution in [0.3, 0.4) is 0 Å². The van der Waals surface area contributed by atoms with Gasteiger partial charge in [-0.25, -0.2) is 0 Å². The molecule has 3 rings (SSSR count). The van der Waals surface area contributed by atoms with Crippen molar-refractivity contribution in [1.29, 1.82) is 0 Å². The first kappa shape index (κ1) is 15.2. The molecular weight excluding hydrogens is 327 g/mol. The van der Waals surface area contributed by atoms with E-state index in [0.29, 0.717) is 23.6 Å². The van der Waals surface area contributed by atoms with Gasteiger partial charge in [0.15, 0.2) is 12.4 Å². The van der Waals surface area contributed by atoms with Gasteiger partial charge in [-0.1, -0.05) is 42.3 Å². The summed E-state index contributed by atoms with van der Waals surface area (Å²) in [6, 6.07) is 1.78. The Hall–Kier alpha value is -1.66. The lowest BCUT2D eigenvalue weighted by molar-refractivity contribution is 0.0906. The number of carbonyl (C=O) groups excluding carboxylic acids is 1. The van der Waals surface area contributed by atoms with Crippen molar-refractivity contribution in [2.24, 2.45) is 11.8 Å². The molecule has 8 heteroatoms. The van der Waals surface area contributed by atoms with Crippen molar-refractivity contribution in [2.45, 2.75) is 26.9 Å². The average Bonchev–Trinajstić information content (AvgIpc) is 3.09. The second-order valence-corrected chi connectivity index (χ2v) is 6.33. The normalized spacial score (nSPS) is 17.1. The Labute approximate surface area is 137 Å². The van der Waals surface area contributed by atoms with Gasteiger partial charge in [0.05, 0.1) is 5.02 Å². The highest BCUT2D eigenvalue weighted by Crippen LogP contribution is 2.43. The van der Waals surface area contributed by atoms with E-state index in [2.05, 4.69) is 20.6 Å². The number of halogens is 2. The van der Waals surface area contributed by atoms with Crippen LogP contribution in [0.5, 0.6) is 5.75 Å². The summed E-state index contributed by atoms with van der Waals surface area (Å²) in [5, 5.41) is 13.9. The lowest BCUT2D eigenvalue weighted by Crippen LogP contribution is -2.15. The van der Waals surface area contributed by atoms with Crippen LogP contribution in [0.1, 0.15) is 35.6 Å². The monoisotopic (exact) mass is 340 g/mol. The highest BCUT2D eigenvalue weighted by Gasteiger charge is 2.36. The number of aromatic nitrogens is 4. The van der Waals surface area contributed by atoms with E-state index < -0.39 is 0 Å². The third-order valence-corrected chi connectivity index (χ3v) is 4.68. The summed E-state index contributed by atoms with van der Waals surface area (Å²) < 4.78 is 5.61. The van der Waals surface area contributed by atoms with Gasteiger partial charge in [0.25, 0.3) is 0 Å². The van der Waals surface area contributed by atoms with Crippen LogP contribution in [-0.4, -0.2) is 26.4 Å². The number of tetrazole rings is 1. The first-order valence-electron chi connectivity index (χ1n) is 6.89. The van der Waals surface area contributed by atoms with E-state index in [4.69, 9.17) is 27.9 Å². The highest BCUT2D eigenvalue weighted by atomic mass is 35.5. The van der Waals surface area contributed by atoms with E-state index in [9.17, 15) is 4.79 Å². The lowest BCUT2D eigenvalue weighted by Gasteiger charge is -2.11. The van der Waals surface area contributed by atoms with Crippen molar-refractivity contribution in [1.82, 2.24) is 20.6 Å². The molecule has 1 atom stereocenters. The minimum absolute atomic E-state index is 0.0571. The molecule has 1 aromatic carbocycles. The van der Waals surface area contributed by atoms with Crippen molar-refractivity contribution in [3.8, 4) is 5.75 Å². The molecule has 1 aliphatic carbocycles. The largest absolute Gasteiger partial charge is 0.484 e. The number of ether oxygens (including phenoxy) is 1. The molecule has 116 valence electrons. The predicted octanol–water partition coefficient (Wildman–Crippen LogP) is 3.10. The molecule has 1 unspecified atom stereocenters. The number of benzene rings is 1. The molecule has 0 fully saturated rings. The summed E-state index contributed by atoms with van der Waals surface area (Å²) in [4.78, 5) is 12.5. The third-order valence-electron chi connectivity index (χ3n) is 3.83. The number of hydrogen-bond donors (Lipinski definition) is 1. The molecule has 22 heavy (non-hydrogen) atoms. The maximum atomic E-state index is 12.5. The molecule has 6 nitrogen and oxygen atoms in total. The van der Waals surface area contributed by atoms with Gasteiger partial charge in [-0.3, -0.25) is 4.79 Å². The number of aromatic amines is 1. The number of nitrogens with one attached hydrogen (secondary N) is 1. The maximum absolute atomic E-state index is 12.5. The topological polar surface area (TPSA) is 80.8 Å². The number of hydrogen-bond acceptors (Lipinski definition) is 5. The fourth-order valence-corrected chi connectivity index (χ4v) is 3.14. The van der Waals surface area contributed by atoms with E-state index in [-0.39, 0.29) is 34.3 Å². The van der Waals surface area contributed by atoms with E-state index >= 15 is 0 Å². The van der Waals surface area contributed by atoms with Crippen LogP contribution in [0.4, 0.5) is 0 Å². The van der Waals surface area contributed by atoms with Gasteiger partial charge in [-0.2, -0.15) is 5.21 Å². The van der Waals surface area contributed by atoms with Crippen molar-refractivity contribution in [3.63, 3.8) is 0 Å². The lowest BCUT2D eigenvalue weighted by atomic mass is 9.92. The van der Waals surface area contributed by atoms with E-state index in [1.54, 1.807) is 6.07 Å². The predicted molar refractivity (Wildman–Crippen MR) is 81.3 cm³/mol. The van der Waals surface area contributed by atoms with Gasteiger partial charge in [-0.05, 0) is 24.0 Å². The van der Waals surface area contributed by atoms with Crippen LogP contribution >= 0.6 is 23.2 Å². The highest BCUT2D eigenvalue weighted by molar-refractivity contribution is 6.45. The van der Waals surface area contributed by atoms with E-state index in [1.165, 1.54) is 0 Å². The van der Waals surface area contributed by atoms with Crippen LogP contribution in [0.25, 0.3) is 0 Å². The van der Waals surface area contributed by atoms with Gasteiger partial charge < -0.3 is 4.74 Å². The standard InChI is InChI=1S/C14H14Cl2N4O2/c1-6(2)8-3-7-4-9(22-5-10-17-19-20-18-10)12(15)13(16)11(7)14(8)21/h4,6,8H,3,5H2,1-2H3,(H,17,18,19,20). The number of rotatable bonds is 4. The summed E-state index contributed by atoms with van der Waals surface area (Å²) >= 11 is 12.5. The molecule has 0 aliphatic heterocycles. The zero-order valence-corrected chi connectivity index (χ0v) is 13.6. The summed E-state index contributed by atoms with van der Waals surface area (Å²) in [5.74, 6) is 1.08. The molecule has 0 amide bonds. The SMILES string of the molecule is CC(C)C1Cc2cc(OCc3nn[nH]n3)c(Cl)c(Cl)c2C1=O. The Morgan fingerprint density at radius 2 is 2.18 bits per heavy atom. The fourth-order valence-electron chi connectivity index (χ4n) is 2.62. The number of nitrogens with zero attached hydrogens (tertiary/aromatic N) is 3.